The largest absolute Gasteiger partial charge is 0.230 e. The first kappa shape index (κ1) is 26.8. The van der Waals surface area contributed by atoms with E-state index in [0.29, 0.717) is 0 Å². The van der Waals surface area contributed by atoms with Crippen LogP contribution in [0, 0.1) is 11.5 Å². The monoisotopic (exact) mass is 544 g/mol. The fraction of sp³-hybridized carbons (Fsp3) is 0.150. The number of fused-ring (bicyclic) bond motifs is 2. The molecular weight excluding hydrogens is 509 g/mol. The fourth-order valence-electron chi connectivity index (χ4n) is 6.29. The fourth-order valence-corrected chi connectivity index (χ4v) is 10.1. The van der Waals surface area contributed by atoms with Crippen LogP contribution < -0.4 is 15.6 Å². The maximum atomic E-state index is 4.05. The van der Waals surface area contributed by atoms with Crippen LogP contribution in [0.15, 0.2) is 140 Å². The predicted molar refractivity (Wildman–Crippen MR) is 180 cm³/mol. The second-order valence-corrected chi connectivity index (χ2v) is 14.3. The molecule has 0 unspecified atom stereocenters. The summed E-state index contributed by atoms with van der Waals surface area (Å²) < 4.78 is 0. The molecule has 0 saturated heterocycles. The molecule has 1 heteroatoms. The van der Waals surface area contributed by atoms with E-state index in [-0.39, 0.29) is 0 Å². The summed E-state index contributed by atoms with van der Waals surface area (Å²) in [4.78, 5) is 0. The van der Waals surface area contributed by atoms with E-state index in [1.807, 2.05) is 0 Å². The minimum absolute atomic E-state index is 1.10. The van der Waals surface area contributed by atoms with Crippen molar-refractivity contribution in [2.45, 2.75) is 39.0 Å². The Kier molecular flexibility index (Phi) is 8.13. The molecule has 41 heavy (non-hydrogen) atoms. The molecule has 0 nitrogen and oxygen atoms in total. The highest BCUT2D eigenvalue weighted by atomic mass is 28.3. The van der Waals surface area contributed by atoms with E-state index in [9.17, 15) is 0 Å². The number of unbranched alkanes of at least 4 members (excludes halogenated alkanes) is 3. The van der Waals surface area contributed by atoms with Crippen molar-refractivity contribution in [1.29, 1.82) is 0 Å². The highest BCUT2D eigenvalue weighted by Gasteiger charge is 2.38. The van der Waals surface area contributed by atoms with Gasteiger partial charge in [-0.1, -0.05) is 172 Å². The average Bonchev–Trinajstić information content (AvgIpc) is 3.05. The second kappa shape index (κ2) is 12.4. The average molecular weight is 545 g/mol. The standard InChI is InChI=1S/C40H36Si/c1-2-3-4-14-25-35-36-26-15-17-28-38(36)40(39-29-18-16-27-37(35)39)30-31-41(32-19-8-5-9-20-32,33-21-10-6-11-22-33)34-23-12-7-13-24-34/h5-13,15-24,26-29H,2-4,14,25H2,1H3. The molecule has 0 spiro atoms. The SMILES string of the molecule is CCCCCCc1c2ccccc2c(C#C[Si](c2ccccc2)(c2ccccc2)c2ccccc2)c2ccccc12. The van der Waals surface area contributed by atoms with Crippen LogP contribution >= 0.6 is 0 Å². The van der Waals surface area contributed by atoms with E-state index in [1.54, 1.807) is 0 Å². The molecule has 0 aliphatic rings. The lowest BCUT2D eigenvalue weighted by Gasteiger charge is -2.28. The summed E-state index contributed by atoms with van der Waals surface area (Å²) in [7, 11) is -2.69. The van der Waals surface area contributed by atoms with Crippen LogP contribution in [0.2, 0.25) is 0 Å². The Bertz CT molecular complexity index is 1660. The molecule has 200 valence electrons. The molecule has 0 fully saturated rings. The molecule has 0 aromatic heterocycles. The lowest BCUT2D eigenvalue weighted by Crippen LogP contribution is -2.66. The highest BCUT2D eigenvalue weighted by Crippen LogP contribution is 2.33. The second-order valence-electron chi connectivity index (χ2n) is 10.9. The van der Waals surface area contributed by atoms with Gasteiger partial charge in [-0.2, -0.15) is 0 Å². The van der Waals surface area contributed by atoms with E-state index in [4.69, 9.17) is 0 Å². The van der Waals surface area contributed by atoms with Gasteiger partial charge in [-0.05, 0) is 55.5 Å². The summed E-state index contributed by atoms with van der Waals surface area (Å²) in [5, 5.41) is 9.16. The smallest absolute Gasteiger partial charge is 0.109 e. The normalized spacial score (nSPS) is 11.3. The summed E-state index contributed by atoms with van der Waals surface area (Å²) in [5.41, 5.74) is 6.67. The summed E-state index contributed by atoms with van der Waals surface area (Å²) in [6.45, 7) is 2.28. The number of rotatable bonds is 8. The number of benzene rings is 6. The van der Waals surface area contributed by atoms with Crippen LogP contribution in [-0.2, 0) is 6.42 Å². The van der Waals surface area contributed by atoms with Crippen LogP contribution in [0.5, 0.6) is 0 Å². The van der Waals surface area contributed by atoms with E-state index < -0.39 is 8.07 Å². The molecule has 6 aromatic rings. The number of aryl methyl sites for hydroxylation is 1. The predicted octanol–water partition coefficient (Wildman–Crippen LogP) is 8.18. The molecule has 0 heterocycles. The quantitative estimate of drug-likeness (QED) is 0.0596. The maximum absolute atomic E-state index is 4.05. The van der Waals surface area contributed by atoms with E-state index in [1.165, 1.54) is 68.4 Å². The van der Waals surface area contributed by atoms with Gasteiger partial charge in [-0.25, -0.2) is 0 Å². The lowest BCUT2D eigenvalue weighted by atomic mass is 9.89. The topological polar surface area (TPSA) is 0 Å². The van der Waals surface area contributed by atoms with Gasteiger partial charge in [-0.3, -0.25) is 0 Å². The van der Waals surface area contributed by atoms with Gasteiger partial charge in [0.2, 0.25) is 8.07 Å². The van der Waals surface area contributed by atoms with Crippen molar-refractivity contribution in [3.63, 3.8) is 0 Å². The van der Waals surface area contributed by atoms with Crippen molar-refractivity contribution in [2.24, 2.45) is 0 Å². The zero-order valence-electron chi connectivity index (χ0n) is 23.8. The van der Waals surface area contributed by atoms with Gasteiger partial charge in [0.25, 0.3) is 0 Å². The molecule has 0 amide bonds. The van der Waals surface area contributed by atoms with E-state index >= 15 is 0 Å². The molecular formula is C40H36Si. The first-order chi connectivity index (χ1) is 20.3. The van der Waals surface area contributed by atoms with E-state index in [0.717, 1.165) is 12.0 Å². The Balaban J connectivity index is 1.64. The zero-order chi connectivity index (χ0) is 27.9. The molecule has 0 aliphatic heterocycles. The Labute approximate surface area is 245 Å². The van der Waals surface area contributed by atoms with Crippen molar-refractivity contribution >= 4 is 45.2 Å². The van der Waals surface area contributed by atoms with Gasteiger partial charge in [0, 0.05) is 5.56 Å². The van der Waals surface area contributed by atoms with Gasteiger partial charge in [-0.15, -0.1) is 5.54 Å². The molecule has 0 aliphatic carbocycles. The Morgan fingerprint density at radius 3 is 1.32 bits per heavy atom. The molecule has 0 radical (unpaired) electrons. The van der Waals surface area contributed by atoms with Crippen molar-refractivity contribution in [3.05, 3.63) is 151 Å². The molecule has 6 aromatic carbocycles. The van der Waals surface area contributed by atoms with E-state index in [2.05, 4.69) is 158 Å². The summed E-state index contributed by atoms with van der Waals surface area (Å²) in [6.07, 6.45) is 6.15. The van der Waals surface area contributed by atoms with Crippen LogP contribution in [-0.4, -0.2) is 8.07 Å². The Hall–Kier alpha value is -4.38. The van der Waals surface area contributed by atoms with Gasteiger partial charge in [0.1, 0.15) is 0 Å². The van der Waals surface area contributed by atoms with Crippen LogP contribution in [0.1, 0.15) is 43.7 Å². The van der Waals surface area contributed by atoms with Gasteiger partial charge in [0.15, 0.2) is 0 Å². The van der Waals surface area contributed by atoms with Gasteiger partial charge in [0.05, 0.1) is 0 Å². The van der Waals surface area contributed by atoms with Crippen LogP contribution in [0.3, 0.4) is 0 Å². The molecule has 6 rings (SSSR count). The van der Waals surface area contributed by atoms with Crippen molar-refractivity contribution in [2.75, 3.05) is 0 Å². The lowest BCUT2D eigenvalue weighted by molar-refractivity contribution is 0.669. The zero-order valence-corrected chi connectivity index (χ0v) is 24.8. The third kappa shape index (κ3) is 5.24. The van der Waals surface area contributed by atoms with Gasteiger partial charge < -0.3 is 0 Å². The first-order valence-corrected chi connectivity index (χ1v) is 16.9. The minimum Gasteiger partial charge on any atom is -0.109 e. The van der Waals surface area contributed by atoms with Crippen LogP contribution in [0.25, 0.3) is 21.5 Å². The first-order valence-electron chi connectivity index (χ1n) is 14.9. The molecule has 0 N–H and O–H groups in total. The van der Waals surface area contributed by atoms with Crippen LogP contribution in [0.4, 0.5) is 0 Å². The maximum Gasteiger partial charge on any atom is 0.230 e. The third-order valence-corrected chi connectivity index (χ3v) is 12.4. The molecule has 0 bridgehead atoms. The summed E-state index contributed by atoms with van der Waals surface area (Å²) in [6, 6.07) is 50.7. The summed E-state index contributed by atoms with van der Waals surface area (Å²) in [5.74, 6) is 3.88. The highest BCUT2D eigenvalue weighted by molar-refractivity contribution is 7.16. The van der Waals surface area contributed by atoms with Gasteiger partial charge >= 0.3 is 0 Å². The Morgan fingerprint density at radius 1 is 0.463 bits per heavy atom. The van der Waals surface area contributed by atoms with Crippen molar-refractivity contribution < 1.29 is 0 Å². The molecule has 0 atom stereocenters. The molecule has 0 saturated carbocycles. The van der Waals surface area contributed by atoms with Crippen molar-refractivity contribution in [3.8, 4) is 11.5 Å². The Morgan fingerprint density at radius 2 is 0.878 bits per heavy atom. The number of hydrogen-bond acceptors (Lipinski definition) is 0. The number of hydrogen-bond donors (Lipinski definition) is 0. The summed E-state index contributed by atoms with van der Waals surface area (Å²) >= 11 is 0. The third-order valence-electron chi connectivity index (χ3n) is 8.32. The minimum atomic E-state index is -2.69. The van der Waals surface area contributed by atoms with Crippen molar-refractivity contribution in [1.82, 2.24) is 0 Å².